The Balaban J connectivity index is 1.77. The SMILES string of the molecule is Cc1cc(I)ccc1NC(=S)NC(=O)c1cccc2ccccc12. The van der Waals surface area contributed by atoms with E-state index in [1.54, 1.807) is 6.07 Å². The average Bonchev–Trinajstić information content (AvgIpc) is 2.57. The first-order chi connectivity index (χ1) is 11.5. The van der Waals surface area contributed by atoms with Gasteiger partial charge in [-0.15, -0.1) is 0 Å². The lowest BCUT2D eigenvalue weighted by Gasteiger charge is -2.13. The lowest BCUT2D eigenvalue weighted by atomic mass is 10.0. The van der Waals surface area contributed by atoms with E-state index in [0.29, 0.717) is 5.56 Å². The lowest BCUT2D eigenvalue weighted by molar-refractivity contribution is 0.0979. The van der Waals surface area contributed by atoms with Gasteiger partial charge in [-0.05, 0) is 82.3 Å². The van der Waals surface area contributed by atoms with Gasteiger partial charge >= 0.3 is 0 Å². The average molecular weight is 446 g/mol. The van der Waals surface area contributed by atoms with Crippen LogP contribution in [0.15, 0.2) is 60.7 Å². The summed E-state index contributed by atoms with van der Waals surface area (Å²) in [5.41, 5.74) is 2.57. The molecule has 0 bridgehead atoms. The molecule has 120 valence electrons. The van der Waals surface area contributed by atoms with E-state index in [4.69, 9.17) is 12.2 Å². The highest BCUT2D eigenvalue weighted by Crippen LogP contribution is 2.19. The highest BCUT2D eigenvalue weighted by atomic mass is 127. The number of anilines is 1. The molecule has 0 radical (unpaired) electrons. The van der Waals surface area contributed by atoms with Crippen molar-refractivity contribution in [2.75, 3.05) is 5.32 Å². The fraction of sp³-hybridized carbons (Fsp3) is 0.0526. The van der Waals surface area contributed by atoms with Crippen LogP contribution in [0.1, 0.15) is 15.9 Å². The van der Waals surface area contributed by atoms with Crippen molar-refractivity contribution in [3.63, 3.8) is 0 Å². The monoisotopic (exact) mass is 446 g/mol. The molecule has 3 aromatic rings. The number of aryl methyl sites for hydroxylation is 1. The van der Waals surface area contributed by atoms with Crippen LogP contribution >= 0.6 is 34.8 Å². The smallest absolute Gasteiger partial charge is 0.258 e. The van der Waals surface area contributed by atoms with E-state index in [-0.39, 0.29) is 11.0 Å². The van der Waals surface area contributed by atoms with Crippen LogP contribution in [0.5, 0.6) is 0 Å². The van der Waals surface area contributed by atoms with Crippen LogP contribution < -0.4 is 10.6 Å². The molecule has 3 nitrogen and oxygen atoms in total. The van der Waals surface area contributed by atoms with Crippen LogP contribution in [0.2, 0.25) is 0 Å². The topological polar surface area (TPSA) is 41.1 Å². The zero-order chi connectivity index (χ0) is 17.1. The number of rotatable bonds is 2. The first-order valence-corrected chi connectivity index (χ1v) is 8.89. The lowest BCUT2D eigenvalue weighted by Crippen LogP contribution is -2.34. The van der Waals surface area contributed by atoms with Crippen LogP contribution in [0, 0.1) is 10.5 Å². The number of fused-ring (bicyclic) bond motifs is 1. The Morgan fingerprint density at radius 3 is 2.58 bits per heavy atom. The molecule has 0 saturated heterocycles. The van der Waals surface area contributed by atoms with Gasteiger partial charge in [-0.2, -0.15) is 0 Å². The fourth-order valence-electron chi connectivity index (χ4n) is 2.51. The van der Waals surface area contributed by atoms with Crippen LogP contribution in [0.25, 0.3) is 10.8 Å². The van der Waals surface area contributed by atoms with Gasteiger partial charge in [-0.25, -0.2) is 0 Å². The van der Waals surface area contributed by atoms with Crippen molar-refractivity contribution in [2.24, 2.45) is 0 Å². The van der Waals surface area contributed by atoms with Crippen molar-refractivity contribution in [3.8, 4) is 0 Å². The van der Waals surface area contributed by atoms with Gasteiger partial charge in [0.2, 0.25) is 0 Å². The second kappa shape index (κ2) is 7.27. The number of hydrogen-bond acceptors (Lipinski definition) is 2. The maximum Gasteiger partial charge on any atom is 0.258 e. The number of carbonyl (C=O) groups excluding carboxylic acids is 1. The highest BCUT2D eigenvalue weighted by molar-refractivity contribution is 14.1. The van der Waals surface area contributed by atoms with Crippen molar-refractivity contribution in [1.29, 1.82) is 0 Å². The Bertz CT molecular complexity index is 934. The molecular formula is C19H15IN2OS. The van der Waals surface area contributed by atoms with Crippen LogP contribution in [-0.4, -0.2) is 11.0 Å². The number of nitrogens with one attached hydrogen (secondary N) is 2. The Morgan fingerprint density at radius 1 is 1.04 bits per heavy atom. The predicted molar refractivity (Wildman–Crippen MR) is 112 cm³/mol. The molecule has 0 aromatic heterocycles. The van der Waals surface area contributed by atoms with Crippen molar-refractivity contribution >= 4 is 62.3 Å². The number of amides is 1. The summed E-state index contributed by atoms with van der Waals surface area (Å²) in [7, 11) is 0. The predicted octanol–water partition coefficient (Wildman–Crippen LogP) is 4.88. The number of hydrogen-bond donors (Lipinski definition) is 2. The summed E-state index contributed by atoms with van der Waals surface area (Å²) in [5.74, 6) is -0.215. The molecule has 5 heteroatoms. The van der Waals surface area contributed by atoms with Gasteiger partial charge in [0.25, 0.3) is 5.91 Å². The van der Waals surface area contributed by atoms with Gasteiger partial charge in [0.1, 0.15) is 0 Å². The van der Waals surface area contributed by atoms with E-state index in [1.807, 2.05) is 55.5 Å². The molecule has 3 rings (SSSR count). The first-order valence-electron chi connectivity index (χ1n) is 7.41. The molecule has 0 fully saturated rings. The van der Waals surface area contributed by atoms with E-state index in [9.17, 15) is 4.79 Å². The Labute approximate surface area is 159 Å². The van der Waals surface area contributed by atoms with E-state index in [1.165, 1.54) is 0 Å². The van der Waals surface area contributed by atoms with Crippen LogP contribution in [0.4, 0.5) is 5.69 Å². The van der Waals surface area contributed by atoms with Gasteiger partial charge in [0.15, 0.2) is 5.11 Å². The molecule has 0 atom stereocenters. The van der Waals surface area contributed by atoms with Crippen LogP contribution in [-0.2, 0) is 0 Å². The molecule has 0 aliphatic rings. The second-order valence-electron chi connectivity index (χ2n) is 5.39. The van der Waals surface area contributed by atoms with E-state index < -0.39 is 0 Å². The van der Waals surface area contributed by atoms with E-state index in [0.717, 1.165) is 25.6 Å². The summed E-state index contributed by atoms with van der Waals surface area (Å²) in [5, 5.41) is 8.06. The number of thiocarbonyl (C=S) groups is 1. The first kappa shape index (κ1) is 16.9. The molecule has 2 N–H and O–H groups in total. The van der Waals surface area contributed by atoms with E-state index >= 15 is 0 Å². The van der Waals surface area contributed by atoms with Crippen molar-refractivity contribution < 1.29 is 4.79 Å². The van der Waals surface area contributed by atoms with Gasteiger partial charge in [-0.3, -0.25) is 10.1 Å². The third-order valence-corrected chi connectivity index (χ3v) is 4.57. The Hall–Kier alpha value is -1.99. The molecule has 0 heterocycles. The molecule has 24 heavy (non-hydrogen) atoms. The second-order valence-corrected chi connectivity index (χ2v) is 7.05. The molecule has 1 amide bonds. The molecule has 0 saturated carbocycles. The normalized spacial score (nSPS) is 10.4. The summed E-state index contributed by atoms with van der Waals surface area (Å²) >= 11 is 7.54. The fourth-order valence-corrected chi connectivity index (χ4v) is 3.36. The van der Waals surface area contributed by atoms with Crippen molar-refractivity contribution in [2.45, 2.75) is 6.92 Å². The van der Waals surface area contributed by atoms with Crippen LogP contribution in [0.3, 0.4) is 0 Å². The molecule has 3 aromatic carbocycles. The quantitative estimate of drug-likeness (QED) is 0.436. The minimum absolute atomic E-state index is 0.215. The third kappa shape index (κ3) is 3.73. The van der Waals surface area contributed by atoms with Crippen molar-refractivity contribution in [1.82, 2.24) is 5.32 Å². The van der Waals surface area contributed by atoms with Gasteiger partial charge in [-0.1, -0.05) is 36.4 Å². The Kier molecular flexibility index (Phi) is 5.11. The summed E-state index contributed by atoms with van der Waals surface area (Å²) in [6.45, 7) is 2.00. The zero-order valence-electron chi connectivity index (χ0n) is 13.0. The standard InChI is InChI=1S/C19H15IN2OS/c1-12-11-14(20)9-10-17(12)21-19(24)22-18(23)16-8-4-6-13-5-2-3-7-15(13)16/h2-11H,1H3,(H2,21,22,23,24). The number of carbonyl (C=O) groups is 1. The maximum absolute atomic E-state index is 12.6. The minimum atomic E-state index is -0.215. The zero-order valence-corrected chi connectivity index (χ0v) is 15.9. The molecule has 0 unspecified atom stereocenters. The Morgan fingerprint density at radius 2 is 1.79 bits per heavy atom. The van der Waals surface area contributed by atoms with Gasteiger partial charge in [0, 0.05) is 14.8 Å². The van der Waals surface area contributed by atoms with Gasteiger partial charge < -0.3 is 5.32 Å². The molecule has 0 aliphatic heterocycles. The van der Waals surface area contributed by atoms with Crippen molar-refractivity contribution in [3.05, 3.63) is 75.4 Å². The minimum Gasteiger partial charge on any atom is -0.332 e. The third-order valence-electron chi connectivity index (χ3n) is 3.70. The molecule has 0 aliphatic carbocycles. The number of halogens is 1. The van der Waals surface area contributed by atoms with Gasteiger partial charge in [0.05, 0.1) is 0 Å². The van der Waals surface area contributed by atoms with E-state index in [2.05, 4.69) is 39.3 Å². The molecule has 0 spiro atoms. The number of benzene rings is 3. The summed E-state index contributed by atoms with van der Waals surface area (Å²) in [6.07, 6.45) is 0. The molecular weight excluding hydrogens is 431 g/mol. The largest absolute Gasteiger partial charge is 0.332 e. The summed E-state index contributed by atoms with van der Waals surface area (Å²) < 4.78 is 1.15. The maximum atomic E-state index is 12.6. The highest BCUT2D eigenvalue weighted by Gasteiger charge is 2.11. The summed E-state index contributed by atoms with van der Waals surface area (Å²) in [4.78, 5) is 12.6. The summed E-state index contributed by atoms with van der Waals surface area (Å²) in [6, 6.07) is 19.4.